The Morgan fingerprint density at radius 2 is 2.07 bits per heavy atom. The minimum absolute atomic E-state index is 0.353. The number of pyridine rings is 1. The number of rotatable bonds is 5. The molecule has 8 nitrogen and oxygen atoms in total. The van der Waals surface area contributed by atoms with E-state index in [4.69, 9.17) is 22.1 Å². The van der Waals surface area contributed by atoms with E-state index in [1.807, 2.05) is 29.8 Å². The van der Waals surface area contributed by atoms with Gasteiger partial charge in [-0.3, -0.25) is 0 Å². The van der Waals surface area contributed by atoms with Crippen molar-refractivity contribution in [2.75, 3.05) is 18.2 Å². The molecule has 0 bridgehead atoms. The van der Waals surface area contributed by atoms with Gasteiger partial charge in [-0.1, -0.05) is 17.7 Å². The highest BCUT2D eigenvalue weighted by Gasteiger charge is 2.14. The molecule has 0 fully saturated rings. The molecule has 0 unspecified atom stereocenters. The van der Waals surface area contributed by atoms with Crippen LogP contribution in [0.1, 0.15) is 12.5 Å². The van der Waals surface area contributed by atoms with Crippen molar-refractivity contribution in [1.29, 1.82) is 0 Å². The van der Waals surface area contributed by atoms with Gasteiger partial charge in [0.25, 0.3) is 0 Å². The quantitative estimate of drug-likeness (QED) is 0.545. The van der Waals surface area contributed by atoms with Crippen molar-refractivity contribution in [3.63, 3.8) is 0 Å². The summed E-state index contributed by atoms with van der Waals surface area (Å²) in [6.45, 7) is 3.26. The van der Waals surface area contributed by atoms with Gasteiger partial charge in [-0.15, -0.1) is 10.2 Å². The van der Waals surface area contributed by atoms with Crippen LogP contribution in [0.15, 0.2) is 30.6 Å². The van der Waals surface area contributed by atoms with Gasteiger partial charge in [-0.25, -0.2) is 9.67 Å². The monoisotopic (exact) mass is 383 g/mol. The molecule has 0 spiro atoms. The van der Waals surface area contributed by atoms with Crippen molar-refractivity contribution in [3.05, 3.63) is 41.2 Å². The van der Waals surface area contributed by atoms with Crippen LogP contribution in [0, 0.1) is 0 Å². The molecule has 0 atom stereocenters. The fourth-order valence-corrected chi connectivity index (χ4v) is 3.34. The maximum absolute atomic E-state index is 6.19. The van der Waals surface area contributed by atoms with E-state index in [0.717, 1.165) is 33.9 Å². The molecule has 0 aliphatic carbocycles. The smallest absolute Gasteiger partial charge is 0.158 e. The zero-order chi connectivity index (χ0) is 19.0. The molecule has 4 aromatic rings. The van der Waals surface area contributed by atoms with Gasteiger partial charge < -0.3 is 15.8 Å². The molecule has 0 aliphatic rings. The molecule has 1 aromatic carbocycles. The number of hydrogen-bond donors (Lipinski definition) is 2. The summed E-state index contributed by atoms with van der Waals surface area (Å²) < 4.78 is 7.00. The molecule has 3 heterocycles. The fourth-order valence-electron chi connectivity index (χ4n) is 3.06. The van der Waals surface area contributed by atoms with Crippen LogP contribution in [0.3, 0.4) is 0 Å². The zero-order valence-electron chi connectivity index (χ0n) is 14.9. The Kier molecular flexibility index (Phi) is 4.41. The second kappa shape index (κ2) is 6.88. The summed E-state index contributed by atoms with van der Waals surface area (Å²) in [6.07, 6.45) is 3.51. The highest BCUT2D eigenvalue weighted by atomic mass is 35.5. The minimum atomic E-state index is 0.353. The normalized spacial score (nSPS) is 11.2. The van der Waals surface area contributed by atoms with E-state index in [1.165, 1.54) is 0 Å². The Hall–Kier alpha value is -3.13. The number of nitrogens with two attached hydrogens (primary N) is 1. The fraction of sp³-hybridized carbons (Fsp3) is 0.222. The first-order valence-electron chi connectivity index (χ1n) is 8.45. The van der Waals surface area contributed by atoms with Gasteiger partial charge in [0.05, 0.1) is 23.7 Å². The number of halogens is 1. The maximum Gasteiger partial charge on any atom is 0.158 e. The van der Waals surface area contributed by atoms with Crippen LogP contribution in [-0.4, -0.2) is 32.1 Å². The molecule has 0 aliphatic heterocycles. The number of fused-ring (bicyclic) bond motifs is 3. The molecule has 3 aromatic heterocycles. The highest BCUT2D eigenvalue weighted by Crippen LogP contribution is 2.31. The molecule has 3 N–H and O–H groups in total. The lowest BCUT2D eigenvalue weighted by Crippen LogP contribution is -2.06. The van der Waals surface area contributed by atoms with E-state index in [2.05, 4.69) is 25.6 Å². The molecular weight excluding hydrogens is 366 g/mol. The zero-order valence-corrected chi connectivity index (χ0v) is 15.7. The Labute approximate surface area is 160 Å². The minimum Gasteiger partial charge on any atom is -0.495 e. The molecule has 0 amide bonds. The van der Waals surface area contributed by atoms with Crippen LogP contribution in [-0.2, 0) is 13.1 Å². The number of nitrogens with one attached hydrogen (secondary N) is 1. The summed E-state index contributed by atoms with van der Waals surface area (Å²) in [5.74, 6) is 1.59. The summed E-state index contributed by atoms with van der Waals surface area (Å²) >= 11 is 6.19. The van der Waals surface area contributed by atoms with Gasteiger partial charge in [0.1, 0.15) is 5.75 Å². The third kappa shape index (κ3) is 2.97. The third-order valence-corrected chi connectivity index (χ3v) is 4.71. The van der Waals surface area contributed by atoms with Crippen LogP contribution >= 0.6 is 11.6 Å². The number of aryl methyl sites for hydroxylation is 1. The van der Waals surface area contributed by atoms with Crippen LogP contribution in [0.5, 0.6) is 5.75 Å². The van der Waals surface area contributed by atoms with Crippen molar-refractivity contribution in [2.24, 2.45) is 0 Å². The van der Waals surface area contributed by atoms with E-state index >= 15 is 0 Å². The average Bonchev–Trinajstić information content (AvgIpc) is 3.10. The molecule has 0 saturated heterocycles. The maximum atomic E-state index is 6.19. The van der Waals surface area contributed by atoms with Gasteiger partial charge in [-0.2, -0.15) is 5.10 Å². The Balaban J connectivity index is 1.72. The number of methoxy groups -OCH3 is 1. The summed E-state index contributed by atoms with van der Waals surface area (Å²) in [7, 11) is 1.59. The standard InChI is InChI=1S/C18H18ClN7O/c1-3-26-18-12(9-23-26)15-11(8-22-18)17(25-24-16(15)20)21-7-10-4-5-14(27-2)13(19)6-10/h4-6,8-9H,3,7H2,1-2H3,(H2,20,24)(H,21,25). The van der Waals surface area contributed by atoms with E-state index in [-0.39, 0.29) is 0 Å². The summed E-state index contributed by atoms with van der Waals surface area (Å²) in [6, 6.07) is 5.62. The number of benzene rings is 1. The van der Waals surface area contributed by atoms with Crippen molar-refractivity contribution >= 4 is 45.0 Å². The lowest BCUT2D eigenvalue weighted by molar-refractivity contribution is 0.415. The van der Waals surface area contributed by atoms with E-state index in [9.17, 15) is 0 Å². The van der Waals surface area contributed by atoms with Crippen LogP contribution in [0.2, 0.25) is 5.02 Å². The molecule has 0 radical (unpaired) electrons. The van der Waals surface area contributed by atoms with Gasteiger partial charge >= 0.3 is 0 Å². The van der Waals surface area contributed by atoms with Gasteiger partial charge in [-0.05, 0) is 24.6 Å². The number of anilines is 2. The van der Waals surface area contributed by atoms with E-state index in [1.54, 1.807) is 19.5 Å². The second-order valence-corrected chi connectivity index (χ2v) is 6.41. The lowest BCUT2D eigenvalue weighted by Gasteiger charge is -2.11. The van der Waals surface area contributed by atoms with Crippen LogP contribution < -0.4 is 15.8 Å². The van der Waals surface area contributed by atoms with E-state index in [0.29, 0.717) is 29.0 Å². The summed E-state index contributed by atoms with van der Waals surface area (Å²) in [4.78, 5) is 4.53. The number of nitrogen functional groups attached to an aromatic ring is 1. The van der Waals surface area contributed by atoms with Crippen molar-refractivity contribution in [2.45, 2.75) is 20.0 Å². The third-order valence-electron chi connectivity index (χ3n) is 4.41. The van der Waals surface area contributed by atoms with E-state index < -0.39 is 0 Å². The van der Waals surface area contributed by atoms with Gasteiger partial charge in [0.2, 0.25) is 0 Å². The first-order chi connectivity index (χ1) is 13.1. The van der Waals surface area contributed by atoms with Crippen molar-refractivity contribution in [3.8, 4) is 5.75 Å². The number of ether oxygens (including phenoxy) is 1. The predicted molar refractivity (Wildman–Crippen MR) is 106 cm³/mol. The van der Waals surface area contributed by atoms with Crippen LogP contribution in [0.4, 0.5) is 11.6 Å². The Morgan fingerprint density at radius 1 is 1.22 bits per heavy atom. The summed E-state index contributed by atoms with van der Waals surface area (Å²) in [5.41, 5.74) is 7.87. The first kappa shape index (κ1) is 17.3. The predicted octanol–water partition coefficient (Wildman–Crippen LogP) is 3.25. The molecule has 138 valence electrons. The molecule has 4 rings (SSSR count). The Morgan fingerprint density at radius 3 is 2.81 bits per heavy atom. The number of hydrogen-bond acceptors (Lipinski definition) is 7. The van der Waals surface area contributed by atoms with Gasteiger partial charge in [0.15, 0.2) is 17.3 Å². The Bertz CT molecular complexity index is 1140. The first-order valence-corrected chi connectivity index (χ1v) is 8.82. The SMILES string of the molecule is CCn1ncc2c3c(N)nnc(NCc4ccc(OC)c(Cl)c4)c3cnc21. The van der Waals surface area contributed by atoms with Crippen molar-refractivity contribution < 1.29 is 4.74 Å². The van der Waals surface area contributed by atoms with Crippen LogP contribution in [0.25, 0.3) is 21.8 Å². The molecular formula is C18H18ClN7O. The van der Waals surface area contributed by atoms with Crippen molar-refractivity contribution in [1.82, 2.24) is 25.0 Å². The topological polar surface area (TPSA) is 104 Å². The molecule has 9 heteroatoms. The van der Waals surface area contributed by atoms with Gasteiger partial charge in [0, 0.05) is 30.1 Å². The summed E-state index contributed by atoms with van der Waals surface area (Å²) in [5, 5.41) is 19.0. The highest BCUT2D eigenvalue weighted by molar-refractivity contribution is 6.32. The molecule has 0 saturated carbocycles. The second-order valence-electron chi connectivity index (χ2n) is 6.00. The largest absolute Gasteiger partial charge is 0.495 e. The molecule has 27 heavy (non-hydrogen) atoms. The lowest BCUT2D eigenvalue weighted by atomic mass is 10.1. The number of aromatic nitrogens is 5. The number of nitrogens with zero attached hydrogens (tertiary/aromatic N) is 5. The average molecular weight is 384 g/mol.